The zero-order valence-corrected chi connectivity index (χ0v) is 18.9. The van der Waals surface area contributed by atoms with Gasteiger partial charge in [0.05, 0.1) is 23.7 Å². The molecule has 1 amide bonds. The molecule has 1 atom stereocenters. The zero-order valence-electron chi connectivity index (χ0n) is 18.9. The lowest BCUT2D eigenvalue weighted by molar-refractivity contribution is 0.0529. The molecule has 0 spiro atoms. The molecule has 1 N–H and O–H groups in total. The summed E-state index contributed by atoms with van der Waals surface area (Å²) in [7, 11) is 0. The number of carbonyl (C=O) groups is 1. The molecule has 7 heteroatoms. The second-order valence-electron chi connectivity index (χ2n) is 8.37. The third-order valence-corrected chi connectivity index (χ3v) is 5.93. The van der Waals surface area contributed by atoms with Crippen LogP contribution in [0, 0.1) is 6.92 Å². The summed E-state index contributed by atoms with van der Waals surface area (Å²) < 4.78 is 7.69. The molecule has 1 aliphatic heterocycles. The van der Waals surface area contributed by atoms with Crippen LogP contribution in [0.25, 0.3) is 16.7 Å². The largest absolute Gasteiger partial charge is 0.375 e. The quantitative estimate of drug-likeness (QED) is 0.509. The van der Waals surface area contributed by atoms with Crippen molar-refractivity contribution < 1.29 is 9.53 Å². The number of anilines is 1. The number of fused-ring (bicyclic) bond motifs is 1. The van der Waals surface area contributed by atoms with Crippen LogP contribution in [0.15, 0.2) is 66.9 Å². The minimum Gasteiger partial charge on any atom is -0.375 e. The Hall–Kier alpha value is -3.71. The Labute approximate surface area is 193 Å². The molecule has 3 heterocycles. The molecule has 0 aliphatic carbocycles. The first kappa shape index (κ1) is 21.2. The average molecular weight is 442 g/mol. The maximum absolute atomic E-state index is 12.8. The maximum atomic E-state index is 12.8. The minimum atomic E-state index is -0.130. The zero-order chi connectivity index (χ0) is 22.8. The van der Waals surface area contributed by atoms with E-state index in [0.717, 1.165) is 47.0 Å². The molecule has 168 valence electrons. The SMILES string of the molecule is Cc1nc2cc(C(=O)NCc3ccc(N4CCOC(C)C4)nc3)ccc2n1-c1ccccc1. The number of aromatic nitrogens is 3. The highest BCUT2D eigenvalue weighted by Gasteiger charge is 2.18. The van der Waals surface area contributed by atoms with E-state index in [9.17, 15) is 4.79 Å². The number of morpholine rings is 1. The van der Waals surface area contributed by atoms with E-state index in [1.807, 2.05) is 73.8 Å². The van der Waals surface area contributed by atoms with Crippen molar-refractivity contribution in [3.63, 3.8) is 0 Å². The van der Waals surface area contributed by atoms with Crippen LogP contribution in [-0.2, 0) is 11.3 Å². The van der Waals surface area contributed by atoms with Crippen molar-refractivity contribution in [2.24, 2.45) is 0 Å². The summed E-state index contributed by atoms with van der Waals surface area (Å²) in [6.45, 7) is 6.86. The van der Waals surface area contributed by atoms with Gasteiger partial charge in [-0.15, -0.1) is 0 Å². The summed E-state index contributed by atoms with van der Waals surface area (Å²) in [5, 5.41) is 2.99. The van der Waals surface area contributed by atoms with Gasteiger partial charge in [0.2, 0.25) is 0 Å². The van der Waals surface area contributed by atoms with E-state index in [1.54, 1.807) is 0 Å². The molecule has 0 radical (unpaired) electrons. The topological polar surface area (TPSA) is 72.3 Å². The molecule has 0 bridgehead atoms. The summed E-state index contributed by atoms with van der Waals surface area (Å²) in [6, 6.07) is 19.8. The van der Waals surface area contributed by atoms with Crippen molar-refractivity contribution in [1.82, 2.24) is 19.9 Å². The lowest BCUT2D eigenvalue weighted by Gasteiger charge is -2.32. The Morgan fingerprint density at radius 3 is 2.76 bits per heavy atom. The van der Waals surface area contributed by atoms with Gasteiger partial charge in [0.1, 0.15) is 11.6 Å². The first-order chi connectivity index (χ1) is 16.1. The molecule has 5 rings (SSSR count). The van der Waals surface area contributed by atoms with Crippen molar-refractivity contribution >= 4 is 22.8 Å². The van der Waals surface area contributed by atoms with Crippen LogP contribution < -0.4 is 10.2 Å². The predicted molar refractivity (Wildman–Crippen MR) is 129 cm³/mol. The van der Waals surface area contributed by atoms with Crippen molar-refractivity contribution in [1.29, 1.82) is 0 Å². The molecule has 2 aromatic heterocycles. The third-order valence-electron chi connectivity index (χ3n) is 5.93. The monoisotopic (exact) mass is 441 g/mol. The lowest BCUT2D eigenvalue weighted by atomic mass is 10.1. The smallest absolute Gasteiger partial charge is 0.251 e. The van der Waals surface area contributed by atoms with Crippen LogP contribution in [0.3, 0.4) is 0 Å². The molecule has 33 heavy (non-hydrogen) atoms. The van der Waals surface area contributed by atoms with Crippen LogP contribution in [0.4, 0.5) is 5.82 Å². The lowest BCUT2D eigenvalue weighted by Crippen LogP contribution is -2.41. The highest BCUT2D eigenvalue weighted by molar-refractivity contribution is 5.97. The molecular weight excluding hydrogens is 414 g/mol. The molecule has 0 saturated carbocycles. The van der Waals surface area contributed by atoms with E-state index in [4.69, 9.17) is 4.74 Å². The Balaban J connectivity index is 1.27. The standard InChI is InChI=1S/C26H27N5O2/c1-18-17-30(12-13-33-18)25-11-8-20(15-27-25)16-28-26(32)21-9-10-24-23(14-21)29-19(2)31(24)22-6-4-3-5-7-22/h3-11,14-15,18H,12-13,16-17H2,1-2H3,(H,28,32). The van der Waals surface area contributed by atoms with E-state index in [-0.39, 0.29) is 12.0 Å². The fraction of sp³-hybridized carbons (Fsp3) is 0.269. The number of rotatable bonds is 5. The summed E-state index contributed by atoms with van der Waals surface area (Å²) in [5.41, 5.74) is 4.38. The van der Waals surface area contributed by atoms with E-state index < -0.39 is 0 Å². The molecule has 1 saturated heterocycles. The number of pyridine rings is 1. The van der Waals surface area contributed by atoms with Crippen molar-refractivity contribution in [3.05, 3.63) is 83.8 Å². The van der Waals surface area contributed by atoms with E-state index >= 15 is 0 Å². The van der Waals surface area contributed by atoms with Gasteiger partial charge in [-0.25, -0.2) is 9.97 Å². The van der Waals surface area contributed by atoms with E-state index in [2.05, 4.69) is 31.7 Å². The van der Waals surface area contributed by atoms with Crippen LogP contribution in [0.1, 0.15) is 28.7 Å². The van der Waals surface area contributed by atoms with Gasteiger partial charge < -0.3 is 15.0 Å². The van der Waals surface area contributed by atoms with Gasteiger partial charge in [0, 0.05) is 37.1 Å². The first-order valence-electron chi connectivity index (χ1n) is 11.2. The Morgan fingerprint density at radius 2 is 2.00 bits per heavy atom. The van der Waals surface area contributed by atoms with E-state index in [0.29, 0.717) is 18.7 Å². The normalized spacial score (nSPS) is 16.2. The summed E-state index contributed by atoms with van der Waals surface area (Å²) in [4.78, 5) is 24.3. The maximum Gasteiger partial charge on any atom is 0.251 e. The van der Waals surface area contributed by atoms with Crippen molar-refractivity contribution in [2.75, 3.05) is 24.6 Å². The van der Waals surface area contributed by atoms with E-state index in [1.165, 1.54) is 0 Å². The van der Waals surface area contributed by atoms with Gasteiger partial charge in [-0.1, -0.05) is 24.3 Å². The Bertz CT molecular complexity index is 1270. The highest BCUT2D eigenvalue weighted by Crippen LogP contribution is 2.22. The van der Waals surface area contributed by atoms with Gasteiger partial charge in [0.25, 0.3) is 5.91 Å². The molecule has 4 aromatic rings. The summed E-state index contributed by atoms with van der Waals surface area (Å²) in [5.74, 6) is 1.69. The highest BCUT2D eigenvalue weighted by atomic mass is 16.5. The van der Waals surface area contributed by atoms with Crippen LogP contribution in [0.5, 0.6) is 0 Å². The Kier molecular flexibility index (Phi) is 5.79. The second-order valence-corrected chi connectivity index (χ2v) is 8.37. The van der Waals surface area contributed by atoms with Gasteiger partial charge in [-0.05, 0) is 55.8 Å². The minimum absolute atomic E-state index is 0.130. The molecule has 2 aromatic carbocycles. The molecule has 1 fully saturated rings. The third kappa shape index (κ3) is 4.45. The number of carbonyl (C=O) groups excluding carboxylic acids is 1. The van der Waals surface area contributed by atoms with Gasteiger partial charge in [-0.2, -0.15) is 0 Å². The van der Waals surface area contributed by atoms with Gasteiger partial charge in [-0.3, -0.25) is 9.36 Å². The molecule has 1 unspecified atom stereocenters. The fourth-order valence-electron chi connectivity index (χ4n) is 4.26. The predicted octanol–water partition coefficient (Wildman–Crippen LogP) is 3.88. The Morgan fingerprint density at radius 1 is 1.15 bits per heavy atom. The van der Waals surface area contributed by atoms with Gasteiger partial charge >= 0.3 is 0 Å². The van der Waals surface area contributed by atoms with Crippen molar-refractivity contribution in [3.8, 4) is 5.69 Å². The summed E-state index contributed by atoms with van der Waals surface area (Å²) >= 11 is 0. The number of aryl methyl sites for hydroxylation is 1. The number of ether oxygens (including phenoxy) is 1. The molecular formula is C26H27N5O2. The number of nitrogens with zero attached hydrogens (tertiary/aromatic N) is 4. The number of benzene rings is 2. The molecule has 7 nitrogen and oxygen atoms in total. The fourth-order valence-corrected chi connectivity index (χ4v) is 4.26. The second kappa shape index (κ2) is 9.03. The first-order valence-corrected chi connectivity index (χ1v) is 11.2. The summed E-state index contributed by atoms with van der Waals surface area (Å²) in [6.07, 6.45) is 2.03. The average Bonchev–Trinajstić information content (AvgIpc) is 3.18. The number of hydrogen-bond donors (Lipinski definition) is 1. The van der Waals surface area contributed by atoms with Gasteiger partial charge in [0.15, 0.2) is 0 Å². The number of nitrogens with one attached hydrogen (secondary N) is 1. The molecule has 1 aliphatic rings. The number of para-hydroxylation sites is 1. The number of amides is 1. The number of imidazole rings is 1. The van der Waals surface area contributed by atoms with Crippen LogP contribution >= 0.6 is 0 Å². The van der Waals surface area contributed by atoms with Crippen LogP contribution in [0.2, 0.25) is 0 Å². The number of hydrogen-bond acceptors (Lipinski definition) is 5. The van der Waals surface area contributed by atoms with Crippen molar-refractivity contribution in [2.45, 2.75) is 26.5 Å². The van der Waals surface area contributed by atoms with Crippen LogP contribution in [-0.4, -0.2) is 46.2 Å².